The Kier molecular flexibility index (Phi) is 8.19. The van der Waals surface area contributed by atoms with Gasteiger partial charge in [0.2, 0.25) is 11.9 Å². The van der Waals surface area contributed by atoms with E-state index in [1.165, 1.54) is 6.07 Å². The second kappa shape index (κ2) is 11.2. The van der Waals surface area contributed by atoms with E-state index in [4.69, 9.17) is 20.6 Å². The number of amides is 1. The van der Waals surface area contributed by atoms with Crippen LogP contribution in [-0.4, -0.2) is 38.5 Å². The third-order valence-corrected chi connectivity index (χ3v) is 8.94. The van der Waals surface area contributed by atoms with Crippen molar-refractivity contribution in [2.45, 2.75) is 77.3 Å². The Morgan fingerprint density at radius 3 is 2.54 bits per heavy atom. The van der Waals surface area contributed by atoms with Crippen molar-refractivity contribution in [2.75, 3.05) is 11.9 Å². The molecule has 1 aromatic heterocycles. The molecule has 1 aliphatic rings. The van der Waals surface area contributed by atoms with Crippen LogP contribution in [0.25, 0.3) is 11.0 Å². The quantitative estimate of drug-likeness (QED) is 0.135. The molecule has 0 bridgehead atoms. The number of hydrogen-bond acceptors (Lipinski definition) is 8. The summed E-state index contributed by atoms with van der Waals surface area (Å²) in [7, 11) is -4.00. The number of nitrogens with one attached hydrogen (secondary N) is 2. The van der Waals surface area contributed by atoms with Crippen LogP contribution >= 0.6 is 0 Å². The Balaban J connectivity index is 1.35. The van der Waals surface area contributed by atoms with Gasteiger partial charge in [-0.3, -0.25) is 9.79 Å². The molecule has 6 N–H and O–H groups in total. The first-order valence-corrected chi connectivity index (χ1v) is 14.8. The molecule has 0 saturated heterocycles. The van der Waals surface area contributed by atoms with Gasteiger partial charge in [-0.05, 0) is 88.8 Å². The lowest BCUT2D eigenvalue weighted by Gasteiger charge is -2.19. The molecule has 11 nitrogen and oxygen atoms in total. The third-order valence-electron chi connectivity index (χ3n) is 7.31. The maximum Gasteiger partial charge on any atom is 0.336 e. The van der Waals surface area contributed by atoms with Crippen LogP contribution in [0, 0.1) is 27.7 Å². The molecule has 0 aliphatic carbocycles. The first kappa shape index (κ1) is 30.1. The topological polar surface area (TPSA) is 179 Å². The number of nitrogens with two attached hydrogens (primary N) is 2. The van der Waals surface area contributed by atoms with Crippen molar-refractivity contribution < 1.29 is 22.4 Å². The predicted octanol–water partition coefficient (Wildman–Crippen LogP) is 3.08. The van der Waals surface area contributed by atoms with Crippen LogP contribution in [-0.2, 0) is 21.2 Å². The Morgan fingerprint density at radius 2 is 1.83 bits per heavy atom. The van der Waals surface area contributed by atoms with Gasteiger partial charge in [-0.25, -0.2) is 17.9 Å². The number of carbonyl (C=O) groups excluding carboxylic acids is 1. The zero-order chi connectivity index (χ0) is 30.3. The summed E-state index contributed by atoms with van der Waals surface area (Å²) >= 11 is 0. The molecule has 1 aliphatic heterocycles. The molecule has 3 aromatic rings. The number of fused-ring (bicyclic) bond motifs is 2. The zero-order valence-electron chi connectivity index (χ0n) is 24.2. The van der Waals surface area contributed by atoms with Gasteiger partial charge in [0.1, 0.15) is 16.9 Å². The molecule has 1 atom stereocenters. The van der Waals surface area contributed by atoms with Crippen molar-refractivity contribution in [2.24, 2.45) is 16.5 Å². The van der Waals surface area contributed by atoms with Gasteiger partial charge in [-0.15, -0.1) is 0 Å². The summed E-state index contributed by atoms with van der Waals surface area (Å²) in [6, 6.07) is 5.61. The molecule has 0 unspecified atom stereocenters. The normalized spacial score (nSPS) is 15.3. The number of carbonyl (C=O) groups is 1. The van der Waals surface area contributed by atoms with Crippen molar-refractivity contribution in [3.63, 3.8) is 0 Å². The number of benzene rings is 2. The molecule has 12 heteroatoms. The van der Waals surface area contributed by atoms with E-state index in [1.54, 1.807) is 39.0 Å². The lowest BCUT2D eigenvalue weighted by Crippen LogP contribution is -2.38. The minimum Gasteiger partial charge on any atom is -0.487 e. The van der Waals surface area contributed by atoms with E-state index in [-0.39, 0.29) is 23.8 Å². The van der Waals surface area contributed by atoms with Gasteiger partial charge in [-0.2, -0.15) is 0 Å². The van der Waals surface area contributed by atoms with E-state index in [1.807, 2.05) is 20.8 Å². The van der Waals surface area contributed by atoms with E-state index >= 15 is 0 Å². The van der Waals surface area contributed by atoms with Crippen LogP contribution in [0.3, 0.4) is 0 Å². The molecule has 0 saturated carbocycles. The lowest BCUT2D eigenvalue weighted by molar-refractivity contribution is -0.117. The molecule has 2 aromatic carbocycles. The number of anilines is 1. The molecular weight excluding hydrogens is 546 g/mol. The van der Waals surface area contributed by atoms with Crippen LogP contribution in [0.5, 0.6) is 5.75 Å². The Labute approximate surface area is 239 Å². The van der Waals surface area contributed by atoms with Crippen LogP contribution in [0.4, 0.5) is 5.69 Å². The number of aliphatic imine (C=N–C) groups is 1. The SMILES string of the molecule is Cc1c(C)c(S(=O)(=O)NC(N)=NCCC[C@H](N)C(=O)Nc2ccc3c(C)cc(=O)oc3c2)c(C)c2c1OC(C)(C)C2. The van der Waals surface area contributed by atoms with Gasteiger partial charge >= 0.3 is 5.63 Å². The smallest absolute Gasteiger partial charge is 0.336 e. The number of guanidine groups is 1. The van der Waals surface area contributed by atoms with Crippen molar-refractivity contribution >= 4 is 38.5 Å². The van der Waals surface area contributed by atoms with E-state index in [0.717, 1.165) is 27.8 Å². The van der Waals surface area contributed by atoms with E-state index in [9.17, 15) is 18.0 Å². The summed E-state index contributed by atoms with van der Waals surface area (Å²) in [5.74, 6) is 0.0832. The van der Waals surface area contributed by atoms with Crippen LogP contribution < -0.4 is 31.9 Å². The molecule has 41 heavy (non-hydrogen) atoms. The fourth-order valence-corrected chi connectivity index (χ4v) is 6.67. The van der Waals surface area contributed by atoms with Crippen molar-refractivity contribution in [1.82, 2.24) is 4.72 Å². The van der Waals surface area contributed by atoms with Gasteiger partial charge in [0, 0.05) is 41.7 Å². The molecule has 220 valence electrons. The second-order valence-electron chi connectivity index (χ2n) is 11.1. The highest BCUT2D eigenvalue weighted by molar-refractivity contribution is 7.90. The largest absolute Gasteiger partial charge is 0.487 e. The molecule has 1 amide bonds. The summed E-state index contributed by atoms with van der Waals surface area (Å²) in [5.41, 5.74) is 15.6. The predicted molar refractivity (Wildman–Crippen MR) is 159 cm³/mol. The van der Waals surface area contributed by atoms with Crippen molar-refractivity contribution in [3.05, 3.63) is 62.5 Å². The fourth-order valence-electron chi connectivity index (χ4n) is 5.15. The molecule has 0 fully saturated rings. The maximum absolute atomic E-state index is 13.3. The highest BCUT2D eigenvalue weighted by Gasteiger charge is 2.36. The summed E-state index contributed by atoms with van der Waals surface area (Å²) in [6.45, 7) is 11.3. The fraction of sp³-hybridized carbons (Fsp3) is 0.414. The van der Waals surface area contributed by atoms with Crippen molar-refractivity contribution in [1.29, 1.82) is 0 Å². The number of sulfonamides is 1. The lowest BCUT2D eigenvalue weighted by atomic mass is 9.94. The highest BCUT2D eigenvalue weighted by Crippen LogP contribution is 2.43. The van der Waals surface area contributed by atoms with Gasteiger partial charge in [-0.1, -0.05) is 0 Å². The molecule has 0 radical (unpaired) electrons. The van der Waals surface area contributed by atoms with Gasteiger partial charge in [0.05, 0.1) is 10.9 Å². The van der Waals surface area contributed by atoms with Gasteiger partial charge in [0.15, 0.2) is 0 Å². The summed E-state index contributed by atoms with van der Waals surface area (Å²) in [5, 5.41) is 3.49. The average molecular weight is 584 g/mol. The minimum absolute atomic E-state index is 0.166. The number of hydrogen-bond donors (Lipinski definition) is 4. The number of rotatable bonds is 8. The van der Waals surface area contributed by atoms with Crippen LogP contribution in [0.15, 0.2) is 43.4 Å². The van der Waals surface area contributed by atoms with Crippen LogP contribution in [0.2, 0.25) is 0 Å². The third kappa shape index (κ3) is 6.38. The molecule has 2 heterocycles. The summed E-state index contributed by atoms with van der Waals surface area (Å²) in [4.78, 5) is 28.5. The maximum atomic E-state index is 13.3. The summed E-state index contributed by atoms with van der Waals surface area (Å²) in [6.07, 6.45) is 1.28. The molecule has 4 rings (SSSR count). The van der Waals surface area contributed by atoms with E-state index < -0.39 is 33.2 Å². The Hall–Kier alpha value is -3.90. The number of ether oxygens (including phenoxy) is 1. The second-order valence-corrected chi connectivity index (χ2v) is 12.7. The van der Waals surface area contributed by atoms with Gasteiger partial charge in [0.25, 0.3) is 10.0 Å². The first-order valence-electron chi connectivity index (χ1n) is 13.3. The molecule has 0 spiro atoms. The van der Waals surface area contributed by atoms with E-state index in [0.29, 0.717) is 35.2 Å². The average Bonchev–Trinajstić information content (AvgIpc) is 3.20. The van der Waals surface area contributed by atoms with Crippen LogP contribution in [0.1, 0.15) is 54.5 Å². The number of aryl methyl sites for hydroxylation is 1. The zero-order valence-corrected chi connectivity index (χ0v) is 25.0. The highest BCUT2D eigenvalue weighted by atomic mass is 32.2. The van der Waals surface area contributed by atoms with Crippen molar-refractivity contribution in [3.8, 4) is 5.75 Å². The Morgan fingerprint density at radius 1 is 1.12 bits per heavy atom. The molecular formula is C29H37N5O6S. The summed E-state index contributed by atoms with van der Waals surface area (Å²) < 4.78 is 40.3. The monoisotopic (exact) mass is 583 g/mol. The van der Waals surface area contributed by atoms with Gasteiger partial charge < -0.3 is 25.9 Å². The number of nitrogens with zero attached hydrogens (tertiary/aromatic N) is 1. The Bertz CT molecular complexity index is 1730. The van der Waals surface area contributed by atoms with E-state index in [2.05, 4.69) is 15.0 Å². The standard InChI is InChI=1S/C29H37N5O6S/c1-15-12-24(35)39-23-13-19(9-10-20(15)23)33-27(36)22(30)8-7-11-32-28(31)34-41(37,38)26-17(3)16(2)25-21(18(26)4)14-29(5,6)40-25/h9-10,12-13,22H,7-8,11,14,30H2,1-6H3,(H,33,36)(H3,31,32,34)/t22-/m0/s1. The first-order chi connectivity index (χ1) is 19.1. The minimum atomic E-state index is -4.00.